The molecule has 6 heteroatoms. The second-order valence-electron chi connectivity index (χ2n) is 7.37. The number of aryl methyl sites for hydroxylation is 2. The first kappa shape index (κ1) is 19.8. The van der Waals surface area contributed by atoms with Crippen molar-refractivity contribution in [2.45, 2.75) is 38.8 Å². The van der Waals surface area contributed by atoms with Crippen molar-refractivity contribution in [2.75, 3.05) is 31.3 Å². The molecule has 2 heterocycles. The molecule has 27 heavy (non-hydrogen) atoms. The van der Waals surface area contributed by atoms with Gasteiger partial charge >= 0.3 is 0 Å². The number of phenolic OH excluding ortho intramolecular Hbond substituents is 1. The van der Waals surface area contributed by atoms with Crippen LogP contribution >= 0.6 is 7.14 Å². The number of hydrogen-bond donors (Lipinski definition) is 2. The molecule has 2 N–H and O–H groups in total. The Morgan fingerprint density at radius 1 is 1.19 bits per heavy atom. The van der Waals surface area contributed by atoms with E-state index < -0.39 is 7.14 Å². The average Bonchev–Trinajstić information content (AvgIpc) is 2.65. The molecule has 3 rings (SSSR count). The fourth-order valence-corrected chi connectivity index (χ4v) is 7.39. The molecule has 1 fully saturated rings. The molecular formula is C21H29N2O3P. The van der Waals surface area contributed by atoms with Gasteiger partial charge in [-0.25, -0.2) is 0 Å². The van der Waals surface area contributed by atoms with Crippen LogP contribution in [0.4, 0.5) is 5.69 Å². The van der Waals surface area contributed by atoms with Gasteiger partial charge in [0, 0.05) is 24.6 Å². The van der Waals surface area contributed by atoms with Crippen LogP contribution in [0.15, 0.2) is 30.3 Å². The van der Waals surface area contributed by atoms with Gasteiger partial charge in [-0.05, 0) is 56.5 Å². The van der Waals surface area contributed by atoms with Crippen molar-refractivity contribution >= 4 is 12.8 Å². The van der Waals surface area contributed by atoms with Crippen molar-refractivity contribution in [3.05, 3.63) is 47.3 Å². The maximum atomic E-state index is 13.8. The van der Waals surface area contributed by atoms with E-state index in [1.54, 1.807) is 6.07 Å². The molecular weight excluding hydrogens is 359 g/mol. The number of benzene rings is 1. The Bertz CT molecular complexity index is 843. The quantitative estimate of drug-likeness (QED) is 0.673. The highest BCUT2D eigenvalue weighted by atomic mass is 31.2. The Morgan fingerprint density at radius 3 is 2.59 bits per heavy atom. The zero-order valence-corrected chi connectivity index (χ0v) is 17.3. The third-order valence-corrected chi connectivity index (χ3v) is 9.20. The van der Waals surface area contributed by atoms with Crippen LogP contribution in [0.1, 0.15) is 41.9 Å². The molecule has 1 saturated heterocycles. The predicted octanol–water partition coefficient (Wildman–Crippen LogP) is 5.11. The van der Waals surface area contributed by atoms with Gasteiger partial charge in [0.2, 0.25) is 0 Å². The molecule has 1 atom stereocenters. The second-order valence-corrected chi connectivity index (χ2v) is 10.8. The van der Waals surface area contributed by atoms with E-state index in [0.29, 0.717) is 12.3 Å². The van der Waals surface area contributed by atoms with Crippen LogP contribution in [0.3, 0.4) is 0 Å². The van der Waals surface area contributed by atoms with Crippen molar-refractivity contribution in [1.82, 2.24) is 4.98 Å². The van der Waals surface area contributed by atoms with Gasteiger partial charge < -0.3 is 19.7 Å². The van der Waals surface area contributed by atoms with Gasteiger partial charge in [0.05, 0.1) is 31.3 Å². The number of methoxy groups -OCH3 is 1. The molecule has 0 saturated carbocycles. The van der Waals surface area contributed by atoms with Gasteiger partial charge in [0.1, 0.15) is 0 Å². The van der Waals surface area contributed by atoms with Crippen molar-refractivity contribution in [1.29, 1.82) is 0 Å². The van der Waals surface area contributed by atoms with Crippen LogP contribution < -0.4 is 10.1 Å². The summed E-state index contributed by atoms with van der Waals surface area (Å²) in [4.78, 5) is 4.51. The number of anilines is 1. The van der Waals surface area contributed by atoms with Crippen LogP contribution in [-0.4, -0.2) is 36.1 Å². The molecule has 146 valence electrons. The summed E-state index contributed by atoms with van der Waals surface area (Å²) < 4.78 is 19.1. The third-order valence-electron chi connectivity index (χ3n) is 5.44. The lowest BCUT2D eigenvalue weighted by Gasteiger charge is -2.32. The van der Waals surface area contributed by atoms with E-state index in [0.717, 1.165) is 54.2 Å². The van der Waals surface area contributed by atoms with Crippen LogP contribution in [0, 0.1) is 13.8 Å². The zero-order chi connectivity index (χ0) is 19.4. The highest BCUT2D eigenvalue weighted by Crippen LogP contribution is 2.62. The lowest BCUT2D eigenvalue weighted by Crippen LogP contribution is -2.19. The number of nitrogens with one attached hydrogen (secondary N) is 1. The van der Waals surface area contributed by atoms with Crippen LogP contribution in [-0.2, 0) is 4.57 Å². The van der Waals surface area contributed by atoms with E-state index in [2.05, 4.69) is 10.3 Å². The van der Waals surface area contributed by atoms with Gasteiger partial charge in [-0.15, -0.1) is 0 Å². The number of aromatic hydroxyl groups is 1. The summed E-state index contributed by atoms with van der Waals surface area (Å²) >= 11 is 0. The van der Waals surface area contributed by atoms with E-state index in [4.69, 9.17) is 4.74 Å². The number of nitrogens with zero attached hydrogens (tertiary/aromatic N) is 1. The SMILES string of the molecule is COc1cc(C(CNc2ccc(C)nc2C)P2(=O)CCCCC2)ccc1O. The fraction of sp³-hybridized carbons (Fsp3) is 0.476. The normalized spacial score (nSPS) is 17.3. The van der Waals surface area contributed by atoms with E-state index in [-0.39, 0.29) is 11.4 Å². The number of phenols is 1. The monoisotopic (exact) mass is 388 g/mol. The number of ether oxygens (including phenoxy) is 1. The van der Waals surface area contributed by atoms with Crippen molar-refractivity contribution < 1.29 is 14.4 Å². The van der Waals surface area contributed by atoms with Crippen molar-refractivity contribution in [2.24, 2.45) is 0 Å². The highest BCUT2D eigenvalue weighted by molar-refractivity contribution is 7.64. The average molecular weight is 388 g/mol. The molecule has 0 aliphatic carbocycles. The number of hydrogen-bond acceptors (Lipinski definition) is 5. The molecule has 5 nitrogen and oxygen atoms in total. The van der Waals surface area contributed by atoms with Crippen LogP contribution in [0.25, 0.3) is 0 Å². The molecule has 1 aromatic heterocycles. The van der Waals surface area contributed by atoms with E-state index in [9.17, 15) is 9.67 Å². The summed E-state index contributed by atoms with van der Waals surface area (Å²) in [6.45, 7) is 4.54. The van der Waals surface area contributed by atoms with Gasteiger partial charge in [-0.1, -0.05) is 12.5 Å². The molecule has 2 aromatic rings. The predicted molar refractivity (Wildman–Crippen MR) is 111 cm³/mol. The Hall–Kier alpha value is -2.00. The van der Waals surface area contributed by atoms with Gasteiger partial charge in [0.15, 0.2) is 11.5 Å². The summed E-state index contributed by atoms with van der Waals surface area (Å²) in [5.74, 6) is 0.530. The first-order valence-electron chi connectivity index (χ1n) is 9.56. The minimum absolute atomic E-state index is 0.104. The van der Waals surface area contributed by atoms with Gasteiger partial charge in [0.25, 0.3) is 0 Å². The summed E-state index contributed by atoms with van der Waals surface area (Å²) in [7, 11) is -0.835. The Balaban J connectivity index is 1.91. The maximum absolute atomic E-state index is 13.8. The van der Waals surface area contributed by atoms with Gasteiger partial charge in [-0.3, -0.25) is 4.98 Å². The first-order valence-corrected chi connectivity index (χ1v) is 11.7. The zero-order valence-electron chi connectivity index (χ0n) is 16.4. The molecule has 1 unspecified atom stereocenters. The van der Waals surface area contributed by atoms with Crippen LogP contribution in [0.2, 0.25) is 0 Å². The van der Waals surface area contributed by atoms with Crippen molar-refractivity contribution in [3.63, 3.8) is 0 Å². The second kappa shape index (κ2) is 8.35. The molecule has 0 amide bonds. The molecule has 0 bridgehead atoms. The van der Waals surface area contributed by atoms with Crippen LogP contribution in [0.5, 0.6) is 11.5 Å². The maximum Gasteiger partial charge on any atom is 0.160 e. The van der Waals surface area contributed by atoms with Crippen molar-refractivity contribution in [3.8, 4) is 11.5 Å². The summed E-state index contributed by atoms with van der Waals surface area (Å²) in [5.41, 5.74) is 3.75. The topological polar surface area (TPSA) is 71.5 Å². The molecule has 0 radical (unpaired) electrons. The smallest absolute Gasteiger partial charge is 0.160 e. The lowest BCUT2D eigenvalue weighted by molar-refractivity contribution is 0.373. The molecule has 1 aliphatic heterocycles. The minimum atomic E-state index is -2.37. The Labute approximate surface area is 161 Å². The molecule has 1 aromatic carbocycles. The number of rotatable bonds is 6. The standard InChI is InChI=1S/C21H29N2O3P/c1-15-7-9-18(16(2)23-15)22-14-21(27(25)11-5-4-6-12-27)17-8-10-19(24)20(13-17)26-3/h7-10,13,21-22,24H,4-6,11-12,14H2,1-3H3. The first-order chi connectivity index (χ1) is 12.9. The minimum Gasteiger partial charge on any atom is -0.504 e. The number of pyridine rings is 1. The lowest BCUT2D eigenvalue weighted by atomic mass is 10.1. The third kappa shape index (κ3) is 4.47. The largest absolute Gasteiger partial charge is 0.504 e. The molecule has 1 aliphatic rings. The summed E-state index contributed by atoms with van der Waals surface area (Å²) in [6.07, 6.45) is 4.77. The fourth-order valence-electron chi connectivity index (χ4n) is 3.90. The molecule has 0 spiro atoms. The van der Waals surface area contributed by atoms with Gasteiger partial charge in [-0.2, -0.15) is 0 Å². The van der Waals surface area contributed by atoms with E-state index >= 15 is 0 Å². The van der Waals surface area contributed by atoms with E-state index in [1.165, 1.54) is 7.11 Å². The summed E-state index contributed by atoms with van der Waals surface area (Å²) in [5, 5.41) is 13.4. The highest BCUT2D eigenvalue weighted by Gasteiger charge is 2.35. The Kier molecular flexibility index (Phi) is 6.11. The number of aromatic nitrogens is 1. The summed E-state index contributed by atoms with van der Waals surface area (Å²) in [6, 6.07) is 9.35. The Morgan fingerprint density at radius 2 is 1.93 bits per heavy atom. The van der Waals surface area contributed by atoms with E-state index in [1.807, 2.05) is 38.1 Å².